The Morgan fingerprint density at radius 1 is 0.362 bits per heavy atom. The van der Waals surface area contributed by atoms with E-state index in [0.717, 1.165) is 137 Å². The SMILES string of the molecule is CC(=O)O.CC(=O)O.CC(=O)O.CCCCC(O)CCC(=O)NCCC[NH+](C)C.CCCCCCC(O)CCCC(=O)NCCC[NH+](C)C.CCCCCCCC(O)CCC(=O)NCCC[NH+](C)C. The second kappa shape index (κ2) is 60.7. The lowest BCUT2D eigenvalue weighted by Crippen LogP contribution is -3.05. The van der Waals surface area contributed by atoms with Crippen LogP contribution >= 0.6 is 0 Å². The number of quaternary nitrogens is 3. The molecule has 18 heteroatoms. The Balaban J connectivity index is -0.000000192. The number of carbonyl (C=O) groups excluding carboxylic acids is 3. The fourth-order valence-corrected chi connectivity index (χ4v) is 6.03. The molecule has 3 amide bonds. The van der Waals surface area contributed by atoms with Crippen molar-refractivity contribution >= 4 is 35.6 Å². The Morgan fingerprint density at radius 3 is 0.913 bits per heavy atom. The van der Waals surface area contributed by atoms with E-state index in [0.29, 0.717) is 32.1 Å². The fraction of sp³-hybridized carbons (Fsp3) is 0.882. The number of hydrogen-bond donors (Lipinski definition) is 12. The molecular formula is C51H111N6O12+3. The monoisotopic (exact) mass is 1000 g/mol. The van der Waals surface area contributed by atoms with Crippen LogP contribution in [0.5, 0.6) is 0 Å². The van der Waals surface area contributed by atoms with E-state index in [4.69, 9.17) is 29.7 Å². The number of unbranched alkanes of at least 4 members (excludes halogenated alkanes) is 8. The molecule has 0 aromatic rings. The Morgan fingerprint density at radius 2 is 0.609 bits per heavy atom. The molecule has 0 rings (SSSR count). The molecule has 0 aliphatic carbocycles. The minimum atomic E-state index is -0.833. The van der Waals surface area contributed by atoms with Gasteiger partial charge in [0.05, 0.1) is 80.2 Å². The van der Waals surface area contributed by atoms with E-state index in [2.05, 4.69) is 79.0 Å². The number of carboxylic acid groups (broad SMARTS) is 3. The Bertz CT molecular complexity index is 1120. The number of nitrogens with one attached hydrogen (secondary N) is 6. The van der Waals surface area contributed by atoms with E-state index in [1.54, 1.807) is 0 Å². The van der Waals surface area contributed by atoms with Crippen molar-refractivity contribution in [3.63, 3.8) is 0 Å². The molecule has 0 heterocycles. The van der Waals surface area contributed by atoms with Crippen molar-refractivity contribution in [1.29, 1.82) is 0 Å². The molecule has 0 aromatic heterocycles. The molecule has 0 saturated heterocycles. The minimum absolute atomic E-state index is 0.0642. The first-order valence-electron chi connectivity index (χ1n) is 26.2. The van der Waals surface area contributed by atoms with Gasteiger partial charge in [-0.2, -0.15) is 0 Å². The Hall–Kier alpha value is -3.42. The standard InChI is InChI=1S/2C16H34N2O2.C13H28N2O2.3C2H4O2/c1-4-5-6-7-10-15(19)11-8-12-16(20)17-13-9-14-18(2)3;1-4-5-6-7-8-10-15(19)11-12-16(20)17-13-9-14-18(2)3;1-4-5-7-12(16)8-9-13(17)14-10-6-11-15(2)3;3*1-2(3)4/h2*15,19H,4-14H2,1-3H3,(H,17,20);12,16H,4-11H2,1-3H3,(H,14,17);3*1H3,(H,3,4)/p+3. The van der Waals surface area contributed by atoms with Gasteiger partial charge in [0.1, 0.15) is 0 Å². The van der Waals surface area contributed by atoms with Crippen molar-refractivity contribution in [2.75, 3.05) is 81.6 Å². The average Bonchev–Trinajstić information content (AvgIpc) is 3.24. The Labute approximate surface area is 420 Å². The molecule has 3 unspecified atom stereocenters. The summed E-state index contributed by atoms with van der Waals surface area (Å²) in [4.78, 5) is 65.8. The van der Waals surface area contributed by atoms with Crippen LogP contribution in [0.1, 0.15) is 196 Å². The molecule has 69 heavy (non-hydrogen) atoms. The van der Waals surface area contributed by atoms with Crippen molar-refractivity contribution in [3.05, 3.63) is 0 Å². The number of rotatable bonds is 36. The van der Waals surface area contributed by atoms with Crippen LogP contribution in [0.15, 0.2) is 0 Å². The van der Waals surface area contributed by atoms with Crippen LogP contribution < -0.4 is 30.7 Å². The molecule has 0 bridgehead atoms. The molecule has 0 aliphatic rings. The zero-order chi connectivity index (χ0) is 54.3. The van der Waals surface area contributed by atoms with Crippen molar-refractivity contribution in [1.82, 2.24) is 16.0 Å². The Kier molecular flexibility index (Phi) is 67.8. The minimum Gasteiger partial charge on any atom is -0.481 e. The van der Waals surface area contributed by atoms with E-state index >= 15 is 0 Å². The predicted octanol–water partition coefficient (Wildman–Crippen LogP) is 2.52. The summed E-state index contributed by atoms with van der Waals surface area (Å²) in [6, 6.07) is 0. The maximum Gasteiger partial charge on any atom is 0.300 e. The summed E-state index contributed by atoms with van der Waals surface area (Å²) in [5.74, 6) is -2.24. The molecule has 414 valence electrons. The smallest absolute Gasteiger partial charge is 0.300 e. The molecule has 0 aliphatic heterocycles. The fourth-order valence-electron chi connectivity index (χ4n) is 6.03. The van der Waals surface area contributed by atoms with E-state index in [1.807, 2.05) is 0 Å². The first-order valence-corrected chi connectivity index (χ1v) is 26.2. The highest BCUT2D eigenvalue weighted by atomic mass is 16.4. The summed E-state index contributed by atoms with van der Waals surface area (Å²) < 4.78 is 0. The van der Waals surface area contributed by atoms with E-state index in [9.17, 15) is 29.7 Å². The number of carbonyl (C=O) groups is 6. The number of aliphatic carboxylic acids is 3. The molecule has 0 saturated carbocycles. The second-order valence-corrected chi connectivity index (χ2v) is 18.7. The maximum atomic E-state index is 11.6. The number of hydrogen-bond acceptors (Lipinski definition) is 9. The number of amides is 3. The molecule has 0 spiro atoms. The zero-order valence-corrected chi connectivity index (χ0v) is 46.1. The van der Waals surface area contributed by atoms with Crippen LogP contribution in [0.25, 0.3) is 0 Å². The average molecular weight is 1000 g/mol. The summed E-state index contributed by atoms with van der Waals surface area (Å²) in [6.45, 7) is 15.2. The zero-order valence-electron chi connectivity index (χ0n) is 46.1. The van der Waals surface area contributed by atoms with Gasteiger partial charge in [-0.1, -0.05) is 91.4 Å². The van der Waals surface area contributed by atoms with Crippen LogP contribution in [0.3, 0.4) is 0 Å². The summed E-state index contributed by atoms with van der Waals surface area (Å²) in [6.07, 6.45) is 21.9. The third-order valence-corrected chi connectivity index (χ3v) is 9.80. The number of carboxylic acids is 3. The molecule has 0 fully saturated rings. The van der Waals surface area contributed by atoms with Gasteiger partial charge in [-0.25, -0.2) is 0 Å². The van der Waals surface area contributed by atoms with Crippen molar-refractivity contribution in [2.24, 2.45) is 0 Å². The highest BCUT2D eigenvalue weighted by Gasteiger charge is 2.10. The largest absolute Gasteiger partial charge is 0.481 e. The summed E-state index contributed by atoms with van der Waals surface area (Å²) in [5, 5.41) is 60.2. The molecular weight excluding hydrogens is 889 g/mol. The highest BCUT2D eigenvalue weighted by molar-refractivity contribution is 5.76. The summed E-state index contributed by atoms with van der Waals surface area (Å²) in [5.41, 5.74) is 0. The van der Waals surface area contributed by atoms with Gasteiger partial charge in [0.25, 0.3) is 17.9 Å². The van der Waals surface area contributed by atoms with Crippen LogP contribution in [0, 0.1) is 0 Å². The van der Waals surface area contributed by atoms with E-state index in [1.165, 1.54) is 59.6 Å². The van der Waals surface area contributed by atoms with E-state index < -0.39 is 17.9 Å². The van der Waals surface area contributed by atoms with Gasteiger partial charge in [-0.3, -0.25) is 28.8 Å². The van der Waals surface area contributed by atoms with Gasteiger partial charge in [-0.05, 0) is 44.9 Å². The van der Waals surface area contributed by atoms with Crippen LogP contribution in [-0.4, -0.2) is 166 Å². The first kappa shape index (κ1) is 77.0. The molecule has 0 aromatic carbocycles. The van der Waals surface area contributed by atoms with Crippen LogP contribution in [-0.2, 0) is 28.8 Å². The molecule has 18 nitrogen and oxygen atoms in total. The van der Waals surface area contributed by atoms with Crippen LogP contribution in [0.2, 0.25) is 0 Å². The quantitative estimate of drug-likeness (QED) is 0.0404. The van der Waals surface area contributed by atoms with Crippen LogP contribution in [0.4, 0.5) is 0 Å². The lowest BCUT2D eigenvalue weighted by atomic mass is 10.0. The predicted molar refractivity (Wildman–Crippen MR) is 278 cm³/mol. The summed E-state index contributed by atoms with van der Waals surface area (Å²) >= 11 is 0. The van der Waals surface area contributed by atoms with E-state index in [-0.39, 0.29) is 36.0 Å². The topological polar surface area (TPSA) is 273 Å². The van der Waals surface area contributed by atoms with Crippen molar-refractivity contribution in [3.8, 4) is 0 Å². The third-order valence-electron chi connectivity index (χ3n) is 9.80. The molecule has 0 radical (unpaired) electrons. The van der Waals surface area contributed by atoms with Gasteiger partial charge >= 0.3 is 0 Å². The number of aliphatic hydroxyl groups excluding tert-OH is 3. The van der Waals surface area contributed by atoms with Gasteiger partial charge in [0.2, 0.25) is 17.7 Å². The first-order chi connectivity index (χ1) is 32.4. The lowest BCUT2D eigenvalue weighted by Gasteiger charge is -2.11. The van der Waals surface area contributed by atoms with Gasteiger partial charge < -0.3 is 61.3 Å². The third kappa shape index (κ3) is 98.9. The lowest BCUT2D eigenvalue weighted by molar-refractivity contribution is -0.858. The maximum absolute atomic E-state index is 11.6. The second-order valence-electron chi connectivity index (χ2n) is 18.7. The normalized spacial score (nSPS) is 11.6. The van der Waals surface area contributed by atoms with Crippen molar-refractivity contribution in [2.45, 2.75) is 214 Å². The van der Waals surface area contributed by atoms with Gasteiger partial charge in [-0.15, -0.1) is 0 Å². The summed E-state index contributed by atoms with van der Waals surface area (Å²) in [7, 11) is 12.7. The van der Waals surface area contributed by atoms with Gasteiger partial charge in [0, 0.05) is 78.9 Å². The van der Waals surface area contributed by atoms with Crippen molar-refractivity contribution < 1.29 is 74.1 Å². The highest BCUT2D eigenvalue weighted by Crippen LogP contribution is 2.12. The molecule has 3 atom stereocenters. The molecule has 12 N–H and O–H groups in total. The number of aliphatic hydroxyl groups is 3. The van der Waals surface area contributed by atoms with Gasteiger partial charge in [0.15, 0.2) is 0 Å².